The standard InChI is InChI=1S/C16H34OPS2/c1-5-9-11-13-15(7-3)19-18(17)20-16(8-4)14-12-10-6-2/h15-16H,5-14H2,1-4H3/q+1/t15-,16?/m0/s1. The molecule has 0 aromatic rings. The molecular weight excluding hydrogens is 303 g/mol. The molecule has 2 unspecified atom stereocenters. The van der Waals surface area contributed by atoms with E-state index in [0.717, 1.165) is 12.8 Å². The minimum Gasteiger partial charge on any atom is -0.0654 e. The van der Waals surface area contributed by atoms with Crippen LogP contribution in [0.4, 0.5) is 0 Å². The lowest BCUT2D eigenvalue weighted by Crippen LogP contribution is -2.00. The van der Waals surface area contributed by atoms with E-state index in [1.54, 1.807) is 22.8 Å². The summed E-state index contributed by atoms with van der Waals surface area (Å²) in [6, 6.07) is 0. The molecule has 0 rings (SSSR count). The van der Waals surface area contributed by atoms with E-state index in [9.17, 15) is 4.57 Å². The number of unbranched alkanes of at least 4 members (excludes halogenated alkanes) is 4. The molecule has 0 saturated carbocycles. The third-order valence-electron chi connectivity index (χ3n) is 3.64. The van der Waals surface area contributed by atoms with Crippen LogP contribution in [-0.4, -0.2) is 10.5 Å². The maximum absolute atomic E-state index is 12.3. The fraction of sp³-hybridized carbons (Fsp3) is 1.00. The highest BCUT2D eigenvalue weighted by Gasteiger charge is 2.29. The molecule has 0 amide bonds. The molecule has 0 aliphatic heterocycles. The fourth-order valence-corrected chi connectivity index (χ4v) is 9.33. The Bertz CT molecular complexity index is 215. The van der Waals surface area contributed by atoms with E-state index < -0.39 is 6.20 Å². The third-order valence-corrected chi connectivity index (χ3v) is 10.1. The van der Waals surface area contributed by atoms with Gasteiger partial charge in [0.15, 0.2) is 0 Å². The van der Waals surface area contributed by atoms with Crippen LogP contribution < -0.4 is 0 Å². The van der Waals surface area contributed by atoms with E-state index in [2.05, 4.69) is 27.7 Å². The van der Waals surface area contributed by atoms with Crippen molar-refractivity contribution in [2.75, 3.05) is 0 Å². The van der Waals surface area contributed by atoms with Gasteiger partial charge in [0, 0.05) is 0 Å². The molecular formula is C16H34OPS2+. The summed E-state index contributed by atoms with van der Waals surface area (Å²) < 4.78 is 12.3. The van der Waals surface area contributed by atoms with Gasteiger partial charge in [-0.25, -0.2) is 0 Å². The van der Waals surface area contributed by atoms with E-state index >= 15 is 0 Å². The molecule has 0 aromatic carbocycles. The first-order chi connectivity index (χ1) is 9.67. The van der Waals surface area contributed by atoms with Crippen molar-refractivity contribution < 1.29 is 4.57 Å². The molecule has 0 saturated heterocycles. The molecule has 0 fully saturated rings. The van der Waals surface area contributed by atoms with Gasteiger partial charge in [-0.3, -0.25) is 0 Å². The van der Waals surface area contributed by atoms with Crippen molar-refractivity contribution in [1.82, 2.24) is 0 Å². The van der Waals surface area contributed by atoms with Crippen molar-refractivity contribution in [3.63, 3.8) is 0 Å². The van der Waals surface area contributed by atoms with E-state index in [4.69, 9.17) is 0 Å². The van der Waals surface area contributed by atoms with Gasteiger partial charge in [-0.15, -0.1) is 0 Å². The Balaban J connectivity index is 3.96. The Kier molecular flexibility index (Phi) is 15.3. The zero-order chi connectivity index (χ0) is 15.2. The summed E-state index contributed by atoms with van der Waals surface area (Å²) in [6.07, 6.45) is 11.4. The predicted molar refractivity (Wildman–Crippen MR) is 99.2 cm³/mol. The second kappa shape index (κ2) is 14.7. The summed E-state index contributed by atoms with van der Waals surface area (Å²) in [4.78, 5) is 0. The Hall–Kier alpha value is 0.800. The topological polar surface area (TPSA) is 17.1 Å². The van der Waals surface area contributed by atoms with Crippen LogP contribution in [0.5, 0.6) is 0 Å². The highest BCUT2D eigenvalue weighted by molar-refractivity contribution is 8.84. The predicted octanol–water partition coefficient (Wildman–Crippen LogP) is 7.83. The van der Waals surface area contributed by atoms with Crippen molar-refractivity contribution in [2.24, 2.45) is 0 Å². The second-order valence-electron chi connectivity index (χ2n) is 5.49. The van der Waals surface area contributed by atoms with Gasteiger partial charge >= 0.3 is 6.20 Å². The average Bonchev–Trinajstić information content (AvgIpc) is 2.45. The first kappa shape index (κ1) is 20.8. The minimum absolute atomic E-state index is 0.603. The van der Waals surface area contributed by atoms with Gasteiger partial charge in [0.1, 0.15) is 22.8 Å². The van der Waals surface area contributed by atoms with Crippen LogP contribution in [0.25, 0.3) is 0 Å². The second-order valence-corrected chi connectivity index (χ2v) is 11.6. The van der Waals surface area contributed by atoms with Gasteiger partial charge in [0.05, 0.1) is 10.5 Å². The zero-order valence-electron chi connectivity index (χ0n) is 13.9. The third kappa shape index (κ3) is 11.5. The fourth-order valence-electron chi connectivity index (χ4n) is 2.18. The van der Waals surface area contributed by atoms with Crippen molar-refractivity contribution in [2.45, 2.75) is 102 Å². The summed E-state index contributed by atoms with van der Waals surface area (Å²) >= 11 is 3.50. The molecule has 0 aromatic heterocycles. The van der Waals surface area contributed by atoms with Crippen LogP contribution in [0.15, 0.2) is 0 Å². The van der Waals surface area contributed by atoms with Crippen molar-refractivity contribution in [1.29, 1.82) is 0 Å². The molecule has 0 bridgehead atoms. The Morgan fingerprint density at radius 3 is 1.45 bits per heavy atom. The van der Waals surface area contributed by atoms with Gasteiger partial charge in [-0.05, 0) is 30.2 Å². The van der Waals surface area contributed by atoms with Crippen LogP contribution in [0.1, 0.15) is 91.9 Å². The molecule has 3 atom stereocenters. The molecule has 20 heavy (non-hydrogen) atoms. The minimum atomic E-state index is -1.13. The van der Waals surface area contributed by atoms with E-state index in [1.807, 2.05) is 0 Å². The van der Waals surface area contributed by atoms with Crippen molar-refractivity contribution in [3.8, 4) is 0 Å². The summed E-state index contributed by atoms with van der Waals surface area (Å²) in [5.41, 5.74) is 0. The lowest BCUT2D eigenvalue weighted by atomic mass is 10.1. The molecule has 0 radical (unpaired) electrons. The van der Waals surface area contributed by atoms with Crippen LogP contribution >= 0.6 is 29.0 Å². The first-order valence-electron chi connectivity index (χ1n) is 8.48. The smallest absolute Gasteiger partial charge is 0.0654 e. The molecule has 0 aliphatic carbocycles. The molecule has 0 heterocycles. The largest absolute Gasteiger partial charge is 0.484 e. The lowest BCUT2D eigenvalue weighted by Gasteiger charge is -2.09. The molecule has 0 N–H and O–H groups in total. The van der Waals surface area contributed by atoms with Gasteiger partial charge < -0.3 is 0 Å². The van der Waals surface area contributed by atoms with E-state index in [1.165, 1.54) is 51.4 Å². The van der Waals surface area contributed by atoms with Crippen molar-refractivity contribution in [3.05, 3.63) is 0 Å². The lowest BCUT2D eigenvalue weighted by molar-refractivity contribution is 0.601. The number of hydrogen-bond donors (Lipinski definition) is 0. The molecule has 0 aliphatic rings. The highest BCUT2D eigenvalue weighted by Crippen LogP contribution is 2.56. The molecule has 0 spiro atoms. The quantitative estimate of drug-likeness (QED) is 0.237. The van der Waals surface area contributed by atoms with Crippen LogP contribution in [0.3, 0.4) is 0 Å². The molecule has 1 nitrogen and oxygen atoms in total. The number of hydrogen-bond acceptors (Lipinski definition) is 3. The normalized spacial score (nSPS) is 15.1. The SMILES string of the molecule is CCCCCC(CC)S[P+](=O)S[C@@H](CC)CCCCC. The highest BCUT2D eigenvalue weighted by atomic mass is 33.1. The van der Waals surface area contributed by atoms with E-state index in [-0.39, 0.29) is 0 Å². The summed E-state index contributed by atoms with van der Waals surface area (Å²) in [5.74, 6) is 0. The molecule has 4 heteroatoms. The summed E-state index contributed by atoms with van der Waals surface area (Å²) in [7, 11) is 0. The maximum Gasteiger partial charge on any atom is 0.484 e. The maximum atomic E-state index is 12.3. The van der Waals surface area contributed by atoms with Gasteiger partial charge in [0.25, 0.3) is 0 Å². The summed E-state index contributed by atoms with van der Waals surface area (Å²) in [5, 5.41) is 1.21. The van der Waals surface area contributed by atoms with Gasteiger partial charge in [0.2, 0.25) is 0 Å². The average molecular weight is 338 g/mol. The Labute approximate surface area is 136 Å². The monoisotopic (exact) mass is 337 g/mol. The molecule has 120 valence electrons. The Morgan fingerprint density at radius 1 is 0.750 bits per heavy atom. The number of rotatable bonds is 14. The van der Waals surface area contributed by atoms with Crippen molar-refractivity contribution >= 4 is 29.0 Å². The first-order valence-corrected chi connectivity index (χ1v) is 12.7. The van der Waals surface area contributed by atoms with Gasteiger partial charge in [-0.1, -0.05) is 66.2 Å². The van der Waals surface area contributed by atoms with E-state index in [0.29, 0.717) is 10.5 Å². The van der Waals surface area contributed by atoms with Crippen LogP contribution in [-0.2, 0) is 4.57 Å². The van der Waals surface area contributed by atoms with Crippen LogP contribution in [0.2, 0.25) is 0 Å². The Morgan fingerprint density at radius 2 is 1.15 bits per heavy atom. The van der Waals surface area contributed by atoms with Gasteiger partial charge in [-0.2, -0.15) is 0 Å². The van der Waals surface area contributed by atoms with Crippen LogP contribution in [0, 0.1) is 0 Å². The summed E-state index contributed by atoms with van der Waals surface area (Å²) in [6.45, 7) is 8.95. The zero-order valence-corrected chi connectivity index (χ0v) is 16.4.